The smallest absolute Gasteiger partial charge is 0.459 e. The summed E-state index contributed by atoms with van der Waals surface area (Å²) < 4.78 is 43.0. The molecule has 1 unspecified atom stereocenters. The molecule has 5 atom stereocenters. The lowest BCUT2D eigenvalue weighted by atomic mass is 9.99. The number of hydrogen-bond donors (Lipinski definition) is 1. The molecule has 1 fully saturated rings. The van der Waals surface area contributed by atoms with Gasteiger partial charge in [0.05, 0.1) is 12.7 Å². The molecule has 1 saturated heterocycles. The molecule has 1 N–H and O–H groups in total. The number of hydrogen-bond acceptors (Lipinski definition) is 10. The molecule has 36 heavy (non-hydrogen) atoms. The molecule has 1 aromatic heterocycles. The highest BCUT2D eigenvalue weighted by molar-refractivity contribution is 7.52. The molecule has 13 heteroatoms. The van der Waals surface area contributed by atoms with Gasteiger partial charge in [-0.1, -0.05) is 24.3 Å². The van der Waals surface area contributed by atoms with E-state index in [0.29, 0.717) is 0 Å². The van der Waals surface area contributed by atoms with E-state index in [1.807, 2.05) is 0 Å². The zero-order chi connectivity index (χ0) is 26.1. The van der Waals surface area contributed by atoms with Crippen molar-refractivity contribution in [2.45, 2.75) is 50.8 Å². The molecule has 0 amide bonds. The van der Waals surface area contributed by atoms with Gasteiger partial charge in [-0.15, -0.1) is 6.58 Å². The molecule has 0 radical (unpaired) electrons. The predicted molar refractivity (Wildman–Crippen MR) is 125 cm³/mol. The van der Waals surface area contributed by atoms with E-state index in [2.05, 4.69) is 16.7 Å². The average Bonchev–Trinajstić information content (AvgIpc) is 3.24. The van der Waals surface area contributed by atoms with E-state index in [9.17, 15) is 18.9 Å². The van der Waals surface area contributed by atoms with Crippen molar-refractivity contribution in [3.63, 3.8) is 0 Å². The van der Waals surface area contributed by atoms with Crippen molar-refractivity contribution in [2.24, 2.45) is 0 Å². The lowest BCUT2D eigenvalue weighted by Crippen LogP contribution is -2.42. The van der Waals surface area contributed by atoms with Crippen LogP contribution in [-0.2, 0) is 28.2 Å². The van der Waals surface area contributed by atoms with Gasteiger partial charge in [0.2, 0.25) is 11.4 Å². The van der Waals surface area contributed by atoms with Crippen LogP contribution in [0.4, 0.5) is 0 Å². The fourth-order valence-corrected chi connectivity index (χ4v) is 5.19. The maximum absolute atomic E-state index is 13.7. The topological polar surface area (TPSA) is 144 Å². The highest BCUT2D eigenvalue weighted by Crippen LogP contribution is 2.48. The molecular formula is C23H26N3O9P. The highest BCUT2D eigenvalue weighted by atomic mass is 31.2. The summed E-state index contributed by atoms with van der Waals surface area (Å²) in [6.07, 6.45) is 0.0975. The number of nitrogens with one attached hydrogen (secondary N) is 1. The maximum Gasteiger partial charge on any atom is 0.459 e. The molecule has 4 rings (SSSR count). The van der Waals surface area contributed by atoms with Crippen LogP contribution in [0, 0.1) is 0 Å². The van der Waals surface area contributed by atoms with Crippen LogP contribution in [0.15, 0.2) is 60.0 Å². The predicted octanol–water partition coefficient (Wildman–Crippen LogP) is 2.16. The third kappa shape index (κ3) is 5.12. The normalized spacial score (nSPS) is 24.8. The lowest BCUT2D eigenvalue weighted by Gasteiger charge is -2.24. The molecule has 192 valence electrons. The van der Waals surface area contributed by atoms with Gasteiger partial charge in [-0.3, -0.25) is 18.7 Å². The number of ketones is 1. The number of ether oxygens (including phenoxy) is 3. The Labute approximate surface area is 206 Å². The van der Waals surface area contributed by atoms with Crippen molar-refractivity contribution >= 4 is 19.5 Å². The number of nitrogens with zero attached hydrogens (tertiary/aromatic N) is 2. The summed E-state index contributed by atoms with van der Waals surface area (Å²) in [4.78, 5) is 40.9. The number of benzene rings is 1. The minimum absolute atomic E-state index is 0.0417. The number of para-hydroxylation sites is 1. The van der Waals surface area contributed by atoms with Crippen molar-refractivity contribution in [3.05, 3.63) is 65.6 Å². The minimum Gasteiger partial charge on any atom is -0.462 e. The summed E-state index contributed by atoms with van der Waals surface area (Å²) in [5, 5.41) is 2.52. The molecule has 0 bridgehead atoms. The van der Waals surface area contributed by atoms with E-state index < -0.39 is 61.7 Å². The number of esters is 1. The molecule has 0 aliphatic carbocycles. The number of Topliss-reactive ketones (excluding diaryl/α,β-unsaturated/α-hetero) is 1. The summed E-state index contributed by atoms with van der Waals surface area (Å²) in [5.41, 5.74) is -1.99. The fraction of sp³-hybridized carbons (Fsp3) is 0.391. The molecule has 0 saturated carbocycles. The molecule has 2 aromatic rings. The third-order valence-corrected chi connectivity index (χ3v) is 6.94. The van der Waals surface area contributed by atoms with Gasteiger partial charge in [0.1, 0.15) is 17.9 Å². The number of fused-ring (bicyclic) bond motifs is 3. The second-order valence-corrected chi connectivity index (χ2v) is 10.2. The van der Waals surface area contributed by atoms with Crippen LogP contribution in [0.5, 0.6) is 11.8 Å². The van der Waals surface area contributed by atoms with Gasteiger partial charge >= 0.3 is 19.7 Å². The van der Waals surface area contributed by atoms with Gasteiger partial charge in [-0.25, -0.2) is 9.36 Å². The third-order valence-electron chi connectivity index (χ3n) is 5.41. The summed E-state index contributed by atoms with van der Waals surface area (Å²) in [7, 11) is -4.27. The van der Waals surface area contributed by atoms with E-state index in [1.54, 1.807) is 44.2 Å². The minimum atomic E-state index is -4.27. The van der Waals surface area contributed by atoms with Crippen LogP contribution >= 0.6 is 7.75 Å². The Morgan fingerprint density at radius 1 is 1.31 bits per heavy atom. The molecule has 1 aromatic carbocycles. The monoisotopic (exact) mass is 519 g/mol. The van der Waals surface area contributed by atoms with Crippen LogP contribution in [0.3, 0.4) is 0 Å². The van der Waals surface area contributed by atoms with Gasteiger partial charge in [0, 0.05) is 12.3 Å². The Morgan fingerprint density at radius 3 is 2.69 bits per heavy atom. The number of carbonyl (C=O) groups is 2. The second kappa shape index (κ2) is 9.98. The first-order valence-corrected chi connectivity index (χ1v) is 12.7. The SMILES string of the molecule is C=C[C@H](NP(=O)(OC[C@H]1O[C@H]2n3ccc(=O)nc3O[C@@]2(C)C1=O)Oc1ccccc1)C(=O)OC(C)C. The van der Waals surface area contributed by atoms with Gasteiger partial charge in [0.15, 0.2) is 6.23 Å². The zero-order valence-corrected chi connectivity index (χ0v) is 20.8. The summed E-state index contributed by atoms with van der Waals surface area (Å²) in [6, 6.07) is 8.12. The fourth-order valence-electron chi connectivity index (χ4n) is 3.73. The van der Waals surface area contributed by atoms with Gasteiger partial charge in [-0.2, -0.15) is 10.1 Å². The number of rotatable bonds is 10. The molecule has 0 spiro atoms. The largest absolute Gasteiger partial charge is 0.462 e. The average molecular weight is 519 g/mol. The van der Waals surface area contributed by atoms with Gasteiger partial charge < -0.3 is 18.7 Å². The van der Waals surface area contributed by atoms with Crippen LogP contribution in [0.2, 0.25) is 0 Å². The van der Waals surface area contributed by atoms with Crippen LogP contribution < -0.4 is 19.9 Å². The Balaban J connectivity index is 1.53. The Kier molecular flexibility index (Phi) is 7.14. The first-order valence-electron chi connectivity index (χ1n) is 11.1. The Hall–Kier alpha value is -3.31. The Bertz CT molecular complexity index is 1260. The summed E-state index contributed by atoms with van der Waals surface area (Å²) in [5.74, 6) is -1.04. The molecular weight excluding hydrogens is 493 g/mol. The highest BCUT2D eigenvalue weighted by Gasteiger charge is 2.61. The molecule has 2 aliphatic rings. The molecule has 3 heterocycles. The van der Waals surface area contributed by atoms with Gasteiger partial charge in [-0.05, 0) is 32.9 Å². The van der Waals surface area contributed by atoms with Crippen molar-refractivity contribution in [1.29, 1.82) is 0 Å². The maximum atomic E-state index is 13.7. The van der Waals surface area contributed by atoms with E-state index in [1.165, 1.54) is 29.8 Å². The molecule has 2 aliphatic heterocycles. The van der Waals surface area contributed by atoms with Crippen molar-refractivity contribution in [1.82, 2.24) is 14.6 Å². The number of carbonyl (C=O) groups excluding carboxylic acids is 2. The Morgan fingerprint density at radius 2 is 2.03 bits per heavy atom. The first kappa shape index (κ1) is 25.8. The quantitative estimate of drug-likeness (QED) is 0.280. The van der Waals surface area contributed by atoms with Gasteiger partial charge in [0.25, 0.3) is 5.56 Å². The van der Waals surface area contributed by atoms with E-state index in [0.717, 1.165) is 0 Å². The van der Waals surface area contributed by atoms with Crippen molar-refractivity contribution < 1.29 is 37.4 Å². The van der Waals surface area contributed by atoms with Crippen LogP contribution in [0.1, 0.15) is 27.0 Å². The van der Waals surface area contributed by atoms with Crippen LogP contribution in [0.25, 0.3) is 0 Å². The zero-order valence-electron chi connectivity index (χ0n) is 19.9. The number of aromatic nitrogens is 2. The summed E-state index contributed by atoms with van der Waals surface area (Å²) in [6.45, 7) is 7.94. The first-order chi connectivity index (χ1) is 17.0. The van der Waals surface area contributed by atoms with E-state index >= 15 is 0 Å². The molecule has 12 nitrogen and oxygen atoms in total. The van der Waals surface area contributed by atoms with Crippen molar-refractivity contribution in [3.8, 4) is 11.8 Å². The second-order valence-electron chi connectivity index (χ2n) is 8.53. The standard InChI is InChI=1S/C23H26N3O9P/c1-5-16(20(29)32-14(2)3)25-36(30,35-15-9-7-6-8-10-15)31-13-17-19(28)23(4)21(33-17)26-12-11-18(27)24-22(26)34-23/h5-12,14,16-17,21H,1,13H2,2-4H3,(H,25,30)/t16-,17+,21+,23-,36?/m0/s1. The van der Waals surface area contributed by atoms with Crippen molar-refractivity contribution in [2.75, 3.05) is 6.61 Å². The van der Waals surface area contributed by atoms with Crippen LogP contribution in [-0.4, -0.2) is 51.8 Å². The van der Waals surface area contributed by atoms with E-state index in [-0.39, 0.29) is 11.8 Å². The van der Waals surface area contributed by atoms with E-state index in [4.69, 9.17) is 23.3 Å². The summed E-state index contributed by atoms with van der Waals surface area (Å²) >= 11 is 0. The lowest BCUT2D eigenvalue weighted by molar-refractivity contribution is -0.148.